The first-order valence-electron chi connectivity index (χ1n) is 8.21. The highest BCUT2D eigenvalue weighted by molar-refractivity contribution is 5.99. The predicted molar refractivity (Wildman–Crippen MR) is 89.7 cm³/mol. The molecule has 0 saturated carbocycles. The molecule has 0 spiro atoms. The van der Waals surface area contributed by atoms with Crippen molar-refractivity contribution in [1.82, 2.24) is 25.1 Å². The number of pyridine rings is 1. The van der Waals surface area contributed by atoms with E-state index in [1.165, 1.54) is 6.20 Å². The zero-order chi connectivity index (χ0) is 19.0. The third-order valence-electron chi connectivity index (χ3n) is 4.27. The van der Waals surface area contributed by atoms with Gasteiger partial charge < -0.3 is 5.32 Å². The number of hydrogen-bond donors (Lipinski definition) is 1. The van der Waals surface area contributed by atoms with Crippen LogP contribution in [0.15, 0.2) is 48.8 Å². The number of fused-ring (bicyclic) bond motifs is 1. The number of amides is 1. The number of benzene rings is 1. The lowest BCUT2D eigenvalue weighted by molar-refractivity contribution is -0.143. The van der Waals surface area contributed by atoms with E-state index in [1.807, 2.05) is 0 Å². The summed E-state index contributed by atoms with van der Waals surface area (Å²) in [5.41, 5.74) is 1.79. The maximum absolute atomic E-state index is 13.0. The molecule has 138 valence electrons. The van der Waals surface area contributed by atoms with Crippen LogP contribution in [0.3, 0.4) is 0 Å². The molecule has 1 atom stereocenters. The maximum Gasteiger partial charge on any atom is 0.408 e. The summed E-state index contributed by atoms with van der Waals surface area (Å²) in [6.07, 6.45) is -1.29. The van der Waals surface area contributed by atoms with Crippen LogP contribution in [0.5, 0.6) is 0 Å². The Kier molecular flexibility index (Phi) is 4.14. The van der Waals surface area contributed by atoms with Crippen molar-refractivity contribution >= 4 is 5.91 Å². The van der Waals surface area contributed by atoms with Gasteiger partial charge in [-0.1, -0.05) is 18.2 Å². The summed E-state index contributed by atoms with van der Waals surface area (Å²) in [5, 5.41) is 6.81. The van der Waals surface area contributed by atoms with Gasteiger partial charge in [0.25, 0.3) is 5.91 Å². The Morgan fingerprint density at radius 2 is 1.96 bits per heavy atom. The van der Waals surface area contributed by atoms with Crippen LogP contribution in [-0.4, -0.2) is 31.8 Å². The number of alkyl halides is 3. The van der Waals surface area contributed by atoms with Crippen molar-refractivity contribution in [2.75, 3.05) is 0 Å². The normalized spacial score (nSPS) is 16.3. The number of aromatic nitrogens is 4. The van der Waals surface area contributed by atoms with Crippen LogP contribution >= 0.6 is 0 Å². The van der Waals surface area contributed by atoms with Crippen LogP contribution in [0.25, 0.3) is 11.4 Å². The third kappa shape index (κ3) is 3.53. The van der Waals surface area contributed by atoms with Crippen molar-refractivity contribution in [1.29, 1.82) is 0 Å². The molecular formula is C18H14F3N5O. The van der Waals surface area contributed by atoms with Crippen molar-refractivity contribution in [2.24, 2.45) is 0 Å². The molecular weight excluding hydrogens is 359 g/mol. The van der Waals surface area contributed by atoms with Crippen molar-refractivity contribution < 1.29 is 18.0 Å². The molecule has 1 aromatic carbocycles. The van der Waals surface area contributed by atoms with Gasteiger partial charge >= 0.3 is 6.18 Å². The Bertz CT molecular complexity index is 984. The quantitative estimate of drug-likeness (QED) is 0.763. The second kappa shape index (κ2) is 6.49. The Morgan fingerprint density at radius 3 is 2.70 bits per heavy atom. The van der Waals surface area contributed by atoms with Crippen LogP contribution in [0.1, 0.15) is 27.8 Å². The Balaban J connectivity index is 1.69. The molecule has 3 heterocycles. The van der Waals surface area contributed by atoms with Crippen molar-refractivity contribution in [3.8, 4) is 11.4 Å². The van der Waals surface area contributed by atoms with E-state index >= 15 is 0 Å². The van der Waals surface area contributed by atoms with Crippen molar-refractivity contribution in [3.05, 3.63) is 65.7 Å². The molecule has 0 radical (unpaired) electrons. The van der Waals surface area contributed by atoms with Crippen molar-refractivity contribution in [2.45, 2.75) is 25.2 Å². The Morgan fingerprint density at radius 1 is 1.15 bits per heavy atom. The van der Waals surface area contributed by atoms with Gasteiger partial charge in [-0.2, -0.15) is 18.3 Å². The second-order valence-corrected chi connectivity index (χ2v) is 6.18. The number of carbonyl (C=O) groups is 1. The molecule has 1 N–H and O–H groups in total. The van der Waals surface area contributed by atoms with E-state index in [-0.39, 0.29) is 24.0 Å². The lowest BCUT2D eigenvalue weighted by atomic mass is 10.0. The predicted octanol–water partition coefficient (Wildman–Crippen LogP) is 2.93. The summed E-state index contributed by atoms with van der Waals surface area (Å²) < 4.78 is 39.8. The number of nitrogens with one attached hydrogen (secondary N) is 1. The van der Waals surface area contributed by atoms with Gasteiger partial charge in [-0.15, -0.1) is 0 Å². The molecule has 0 aliphatic carbocycles. The average molecular weight is 373 g/mol. The molecule has 3 aromatic rings. The standard InChI is InChI=1S/C18H14F3N5O/c19-18(20,21)10-26-15(24-16(25-26)11-4-3-7-22-9-11)8-14-12-5-1-2-6-13(12)17(27)23-14/h1-7,9,14H,8,10H2,(H,23,27). The van der Waals surface area contributed by atoms with Gasteiger partial charge in [0.1, 0.15) is 12.4 Å². The summed E-state index contributed by atoms with van der Waals surface area (Å²) >= 11 is 0. The minimum absolute atomic E-state index is 0.103. The van der Waals surface area contributed by atoms with E-state index < -0.39 is 18.8 Å². The van der Waals surface area contributed by atoms with E-state index in [0.717, 1.165) is 10.2 Å². The summed E-state index contributed by atoms with van der Waals surface area (Å²) in [6, 6.07) is 9.88. The van der Waals surface area contributed by atoms with Crippen LogP contribution in [0.4, 0.5) is 13.2 Å². The van der Waals surface area contributed by atoms with E-state index in [0.29, 0.717) is 11.1 Å². The second-order valence-electron chi connectivity index (χ2n) is 6.18. The molecule has 1 aliphatic heterocycles. The third-order valence-corrected chi connectivity index (χ3v) is 4.27. The molecule has 9 heteroatoms. The first kappa shape index (κ1) is 17.2. The van der Waals surface area contributed by atoms with E-state index in [4.69, 9.17) is 0 Å². The molecule has 27 heavy (non-hydrogen) atoms. The van der Waals surface area contributed by atoms with Crippen LogP contribution in [-0.2, 0) is 13.0 Å². The lowest BCUT2D eigenvalue weighted by Crippen LogP contribution is -2.25. The zero-order valence-electron chi connectivity index (χ0n) is 13.9. The molecule has 6 nitrogen and oxygen atoms in total. The topological polar surface area (TPSA) is 72.7 Å². The van der Waals surface area contributed by atoms with Crippen LogP contribution < -0.4 is 5.32 Å². The van der Waals surface area contributed by atoms with E-state index in [9.17, 15) is 18.0 Å². The molecule has 0 fully saturated rings. The van der Waals surface area contributed by atoms with Crippen LogP contribution in [0, 0.1) is 0 Å². The van der Waals surface area contributed by atoms with Gasteiger partial charge in [-0.25, -0.2) is 9.67 Å². The molecule has 1 unspecified atom stereocenters. The number of carbonyl (C=O) groups excluding carboxylic acids is 1. The first-order chi connectivity index (χ1) is 12.9. The fourth-order valence-corrected chi connectivity index (χ4v) is 3.10. The molecule has 4 rings (SSSR count). The van der Waals surface area contributed by atoms with Gasteiger partial charge in [-0.3, -0.25) is 9.78 Å². The first-order valence-corrected chi connectivity index (χ1v) is 8.21. The average Bonchev–Trinajstić information content (AvgIpc) is 3.17. The Labute approximate surface area is 152 Å². The smallest absolute Gasteiger partial charge is 0.345 e. The number of hydrogen-bond acceptors (Lipinski definition) is 4. The van der Waals surface area contributed by atoms with Gasteiger partial charge in [0, 0.05) is 29.9 Å². The Hall–Kier alpha value is -3.23. The highest BCUT2D eigenvalue weighted by Crippen LogP contribution is 2.29. The summed E-state index contributed by atoms with van der Waals surface area (Å²) in [4.78, 5) is 20.3. The monoisotopic (exact) mass is 373 g/mol. The minimum Gasteiger partial charge on any atom is -0.345 e. The van der Waals surface area contributed by atoms with Crippen molar-refractivity contribution in [3.63, 3.8) is 0 Å². The zero-order valence-corrected chi connectivity index (χ0v) is 13.9. The molecule has 1 amide bonds. The highest BCUT2D eigenvalue weighted by atomic mass is 19.4. The van der Waals surface area contributed by atoms with E-state index in [2.05, 4.69) is 20.4 Å². The fourth-order valence-electron chi connectivity index (χ4n) is 3.10. The summed E-state index contributed by atoms with van der Waals surface area (Å²) in [5.74, 6) is 0.0677. The maximum atomic E-state index is 13.0. The summed E-state index contributed by atoms with van der Waals surface area (Å²) in [6.45, 7) is -1.25. The largest absolute Gasteiger partial charge is 0.408 e. The molecule has 0 bridgehead atoms. The number of halogens is 3. The van der Waals surface area contributed by atoms with Gasteiger partial charge in [-0.05, 0) is 23.8 Å². The number of rotatable bonds is 4. The van der Waals surface area contributed by atoms with E-state index in [1.54, 1.807) is 42.6 Å². The number of nitrogens with zero attached hydrogens (tertiary/aromatic N) is 4. The van der Waals surface area contributed by atoms with Crippen LogP contribution in [0.2, 0.25) is 0 Å². The molecule has 0 saturated heterocycles. The summed E-state index contributed by atoms with van der Waals surface area (Å²) in [7, 11) is 0. The molecule has 1 aliphatic rings. The van der Waals surface area contributed by atoms with Gasteiger partial charge in [0.2, 0.25) is 0 Å². The fraction of sp³-hybridized carbons (Fsp3) is 0.222. The van der Waals surface area contributed by atoms with Gasteiger partial charge in [0.15, 0.2) is 5.82 Å². The highest BCUT2D eigenvalue weighted by Gasteiger charge is 2.33. The van der Waals surface area contributed by atoms with Gasteiger partial charge in [0.05, 0.1) is 6.04 Å². The lowest BCUT2D eigenvalue weighted by Gasteiger charge is -2.13. The minimum atomic E-state index is -4.44. The SMILES string of the molecule is O=C1NC(Cc2nc(-c3cccnc3)nn2CC(F)(F)F)c2ccccc21. The molecule has 2 aromatic heterocycles.